The van der Waals surface area contributed by atoms with Crippen molar-refractivity contribution in [2.45, 2.75) is 12.2 Å². The zero-order valence-electron chi connectivity index (χ0n) is 9.21. The summed E-state index contributed by atoms with van der Waals surface area (Å²) in [6, 6.07) is 4.11. The molecule has 0 saturated heterocycles. The molecule has 1 aromatic carbocycles. The van der Waals surface area contributed by atoms with Crippen molar-refractivity contribution in [2.75, 3.05) is 4.72 Å². The zero-order valence-corrected chi connectivity index (χ0v) is 10.0. The number of nitrogens with one attached hydrogen (secondary N) is 1. The minimum Gasteiger partial charge on any atom is -0.478 e. The second-order valence-electron chi connectivity index (χ2n) is 3.41. The second-order valence-corrected chi connectivity index (χ2v) is 5.41. The first-order valence-electron chi connectivity index (χ1n) is 4.72. The summed E-state index contributed by atoms with van der Waals surface area (Å²) in [7, 11) is -4.03. The van der Waals surface area contributed by atoms with Crippen molar-refractivity contribution >= 4 is 21.7 Å². The quantitative estimate of drug-likeness (QED) is 0.855. The van der Waals surface area contributed by atoms with Crippen LogP contribution in [0.1, 0.15) is 17.3 Å². The summed E-state index contributed by atoms with van der Waals surface area (Å²) < 4.78 is 38.0. The van der Waals surface area contributed by atoms with Gasteiger partial charge in [0.15, 0.2) is 5.25 Å². The molecule has 0 radical (unpaired) electrons. The highest BCUT2D eigenvalue weighted by molar-refractivity contribution is 7.93. The molecule has 0 aliphatic carbocycles. The van der Waals surface area contributed by atoms with E-state index in [0.717, 1.165) is 19.1 Å². The Morgan fingerprint density at radius 2 is 2.17 bits per heavy atom. The largest absolute Gasteiger partial charge is 0.478 e. The number of hydrogen-bond acceptors (Lipinski definition) is 4. The predicted octanol–water partition coefficient (Wildman–Crippen LogP) is 1.18. The van der Waals surface area contributed by atoms with E-state index in [2.05, 4.69) is 0 Å². The fourth-order valence-electron chi connectivity index (χ4n) is 1.09. The molecule has 1 atom stereocenters. The van der Waals surface area contributed by atoms with Crippen molar-refractivity contribution in [2.24, 2.45) is 0 Å². The molecule has 18 heavy (non-hydrogen) atoms. The predicted molar refractivity (Wildman–Crippen MR) is 61.0 cm³/mol. The van der Waals surface area contributed by atoms with E-state index in [9.17, 15) is 17.6 Å². The number of nitrogens with zero attached hydrogens (tertiary/aromatic N) is 1. The van der Waals surface area contributed by atoms with Gasteiger partial charge in [0.1, 0.15) is 5.82 Å². The normalized spacial score (nSPS) is 12.5. The van der Waals surface area contributed by atoms with Crippen LogP contribution >= 0.6 is 0 Å². The first kappa shape index (κ1) is 13.9. The van der Waals surface area contributed by atoms with E-state index in [1.165, 1.54) is 6.07 Å². The number of benzene rings is 1. The van der Waals surface area contributed by atoms with Gasteiger partial charge >= 0.3 is 5.97 Å². The monoisotopic (exact) mass is 272 g/mol. The summed E-state index contributed by atoms with van der Waals surface area (Å²) >= 11 is 0. The molecule has 0 aliphatic rings. The summed E-state index contributed by atoms with van der Waals surface area (Å²) in [6.07, 6.45) is 0. The lowest BCUT2D eigenvalue weighted by Gasteiger charge is -2.11. The molecule has 0 spiro atoms. The van der Waals surface area contributed by atoms with Crippen LogP contribution in [0.2, 0.25) is 0 Å². The van der Waals surface area contributed by atoms with Crippen molar-refractivity contribution in [3.8, 4) is 6.07 Å². The van der Waals surface area contributed by atoms with Crippen LogP contribution in [0.15, 0.2) is 18.2 Å². The van der Waals surface area contributed by atoms with E-state index in [0.29, 0.717) is 6.07 Å². The van der Waals surface area contributed by atoms with Gasteiger partial charge in [-0.25, -0.2) is 17.6 Å². The van der Waals surface area contributed by atoms with Gasteiger partial charge in [-0.2, -0.15) is 5.26 Å². The molecule has 0 fully saturated rings. The Labute approximate surface area is 103 Å². The van der Waals surface area contributed by atoms with Crippen molar-refractivity contribution in [3.05, 3.63) is 29.6 Å². The summed E-state index contributed by atoms with van der Waals surface area (Å²) in [5.41, 5.74) is -0.810. The summed E-state index contributed by atoms with van der Waals surface area (Å²) in [6.45, 7) is 1.15. The number of nitriles is 1. The molecule has 1 rings (SSSR count). The Bertz CT molecular complexity index is 621. The van der Waals surface area contributed by atoms with Gasteiger partial charge in [-0.1, -0.05) is 0 Å². The number of rotatable bonds is 4. The molecule has 0 saturated carbocycles. The van der Waals surface area contributed by atoms with Crippen molar-refractivity contribution in [3.63, 3.8) is 0 Å². The van der Waals surface area contributed by atoms with Gasteiger partial charge < -0.3 is 5.11 Å². The molecule has 8 heteroatoms. The molecule has 1 unspecified atom stereocenters. The Hall–Kier alpha value is -2.14. The van der Waals surface area contributed by atoms with E-state index >= 15 is 0 Å². The summed E-state index contributed by atoms with van der Waals surface area (Å²) in [5.74, 6) is -2.28. The fourth-order valence-corrected chi connectivity index (χ4v) is 1.89. The van der Waals surface area contributed by atoms with E-state index in [-0.39, 0.29) is 5.69 Å². The molecule has 1 aromatic rings. The zero-order chi connectivity index (χ0) is 13.9. The molecule has 0 aliphatic heterocycles. The van der Waals surface area contributed by atoms with Crippen molar-refractivity contribution in [1.82, 2.24) is 0 Å². The lowest BCUT2D eigenvalue weighted by molar-refractivity contribution is 0.0697. The maximum absolute atomic E-state index is 12.9. The molecule has 2 N–H and O–H groups in total. The number of carbonyl (C=O) groups is 1. The van der Waals surface area contributed by atoms with Crippen LogP contribution in [0.3, 0.4) is 0 Å². The number of aromatic carboxylic acids is 1. The third-order valence-corrected chi connectivity index (χ3v) is 3.65. The molecule has 0 heterocycles. The number of halogens is 1. The van der Waals surface area contributed by atoms with Crippen LogP contribution in [0.5, 0.6) is 0 Å². The number of hydrogen-bond donors (Lipinski definition) is 2. The van der Waals surface area contributed by atoms with E-state index < -0.39 is 32.6 Å². The van der Waals surface area contributed by atoms with Gasteiger partial charge in [0, 0.05) is 0 Å². The van der Waals surface area contributed by atoms with E-state index in [1.54, 1.807) is 0 Å². The average molecular weight is 272 g/mol. The van der Waals surface area contributed by atoms with Gasteiger partial charge in [0.05, 0.1) is 17.3 Å². The van der Waals surface area contributed by atoms with Gasteiger partial charge in [0.25, 0.3) is 0 Å². The first-order valence-corrected chi connectivity index (χ1v) is 6.26. The van der Waals surface area contributed by atoms with Crippen LogP contribution in [0, 0.1) is 17.1 Å². The smallest absolute Gasteiger partial charge is 0.337 e. The molecule has 96 valence electrons. The number of sulfonamides is 1. The van der Waals surface area contributed by atoms with Crippen molar-refractivity contribution < 1.29 is 22.7 Å². The lowest BCUT2D eigenvalue weighted by atomic mass is 10.2. The Kier molecular flexibility index (Phi) is 3.88. The Balaban J connectivity index is 3.21. The fraction of sp³-hybridized carbons (Fsp3) is 0.200. The topological polar surface area (TPSA) is 107 Å². The highest BCUT2D eigenvalue weighted by atomic mass is 32.2. The van der Waals surface area contributed by atoms with Gasteiger partial charge in [-0.15, -0.1) is 0 Å². The molecule has 0 aromatic heterocycles. The number of carboxylic acids is 1. The van der Waals surface area contributed by atoms with Crippen LogP contribution in [0.4, 0.5) is 10.1 Å². The minimum atomic E-state index is -4.03. The second kappa shape index (κ2) is 5.01. The van der Waals surface area contributed by atoms with E-state index in [4.69, 9.17) is 10.4 Å². The Morgan fingerprint density at radius 3 is 2.67 bits per heavy atom. The number of carboxylic acid groups (broad SMARTS) is 1. The Morgan fingerprint density at radius 1 is 1.56 bits per heavy atom. The van der Waals surface area contributed by atoms with Crippen LogP contribution in [-0.2, 0) is 10.0 Å². The molecule has 0 amide bonds. The van der Waals surface area contributed by atoms with Crippen molar-refractivity contribution in [1.29, 1.82) is 5.26 Å². The average Bonchev–Trinajstić information content (AvgIpc) is 2.29. The summed E-state index contributed by atoms with van der Waals surface area (Å²) in [5, 5.41) is 16.0. The maximum Gasteiger partial charge on any atom is 0.337 e. The molecule has 6 nitrogen and oxygen atoms in total. The van der Waals surface area contributed by atoms with Crippen LogP contribution < -0.4 is 4.72 Å². The minimum absolute atomic E-state index is 0.286. The van der Waals surface area contributed by atoms with Gasteiger partial charge in [-0.3, -0.25) is 4.72 Å². The number of anilines is 1. The highest BCUT2D eigenvalue weighted by Crippen LogP contribution is 2.19. The standard InChI is InChI=1S/C10H9FN2O4S/c1-6(5-12)18(16,17)13-9-3-2-7(11)4-8(9)10(14)15/h2-4,6,13H,1H3,(H,14,15). The highest BCUT2D eigenvalue weighted by Gasteiger charge is 2.22. The molecular weight excluding hydrogens is 263 g/mol. The molecule has 0 bridgehead atoms. The third-order valence-electron chi connectivity index (χ3n) is 2.11. The third kappa shape index (κ3) is 2.95. The van der Waals surface area contributed by atoms with Crippen LogP contribution in [0.25, 0.3) is 0 Å². The van der Waals surface area contributed by atoms with Crippen LogP contribution in [-0.4, -0.2) is 24.7 Å². The molecular formula is C10H9FN2O4S. The first-order chi connectivity index (χ1) is 8.27. The summed E-state index contributed by atoms with van der Waals surface area (Å²) in [4.78, 5) is 10.8. The van der Waals surface area contributed by atoms with Gasteiger partial charge in [-0.05, 0) is 25.1 Å². The maximum atomic E-state index is 12.9. The lowest BCUT2D eigenvalue weighted by Crippen LogP contribution is -2.24. The SMILES string of the molecule is CC(C#N)S(=O)(=O)Nc1ccc(F)cc1C(=O)O. The van der Waals surface area contributed by atoms with E-state index in [1.807, 2.05) is 4.72 Å². The van der Waals surface area contributed by atoms with Gasteiger partial charge in [0.2, 0.25) is 10.0 Å².